The molecule has 72 heavy (non-hydrogen) atoms. The molecular formula is C68H4N4. The minimum absolute atomic E-state index is 0.177. The molecule has 0 unspecified atom stereocenters. The van der Waals surface area contributed by atoms with Gasteiger partial charge in [0, 0.05) is 23.7 Å². The number of nitrogens with zero attached hydrogens (tertiary/aromatic N) is 4. The summed E-state index contributed by atoms with van der Waals surface area (Å²) in [6, 6.07) is 4.75. The highest BCUT2D eigenvalue weighted by Crippen LogP contribution is 2.85. The average molecular weight is 877 g/mol. The molecule has 0 saturated carbocycles. The molecule has 0 radical (unpaired) electrons. The van der Waals surface area contributed by atoms with Gasteiger partial charge in [0.1, 0.15) is 12.1 Å². The van der Waals surface area contributed by atoms with Crippen LogP contribution >= 0.6 is 0 Å². The monoisotopic (exact) mass is 876 g/mol. The molecule has 0 bridgehead atoms. The minimum atomic E-state index is -0.485. The van der Waals surface area contributed by atoms with Crippen molar-refractivity contribution in [2.75, 3.05) is 0 Å². The lowest BCUT2D eigenvalue weighted by Crippen LogP contribution is -2.57. The van der Waals surface area contributed by atoms with E-state index in [9.17, 15) is 10.5 Å². The summed E-state index contributed by atoms with van der Waals surface area (Å²) < 4.78 is 0. The maximum Gasteiger partial charge on any atom is 0.177 e. The minimum Gasteiger partial charge on any atom is -0.237 e. The van der Waals surface area contributed by atoms with Crippen molar-refractivity contribution >= 4 is 291 Å². The van der Waals surface area contributed by atoms with E-state index in [0.717, 1.165) is 11.4 Å². The molecule has 2 spiro atoms. The number of hydrogen-bond acceptors (Lipinski definition) is 4. The van der Waals surface area contributed by atoms with E-state index < -0.39 is 10.8 Å². The summed E-state index contributed by atoms with van der Waals surface area (Å²) in [5.41, 5.74) is 7.68. The Morgan fingerprint density at radius 3 is 0.458 bits per heavy atom. The van der Waals surface area contributed by atoms with Crippen LogP contribution in [0.1, 0.15) is 45.0 Å². The van der Waals surface area contributed by atoms with E-state index in [0.29, 0.717) is 12.8 Å². The fraction of sp³-hybridized carbons (Fsp3) is 0.0588. The van der Waals surface area contributed by atoms with E-state index >= 15 is 0 Å². The first kappa shape index (κ1) is 26.5. The van der Waals surface area contributed by atoms with Crippen molar-refractivity contribution in [3.63, 3.8) is 0 Å². The van der Waals surface area contributed by atoms with Gasteiger partial charge in [-0.15, -0.1) is 0 Å². The molecule has 28 aromatic carbocycles. The summed E-state index contributed by atoms with van der Waals surface area (Å²) in [6.45, 7) is 0. The van der Waals surface area contributed by atoms with Crippen LogP contribution in [0.2, 0.25) is 0 Å². The molecule has 1 heterocycles. The van der Waals surface area contributed by atoms with Crippen LogP contribution in [-0.2, 0) is 23.7 Å². The van der Waals surface area contributed by atoms with E-state index in [2.05, 4.69) is 12.1 Å². The topological polar surface area (TPSA) is 73.4 Å². The van der Waals surface area contributed by atoms with Gasteiger partial charge in [0.25, 0.3) is 0 Å². The van der Waals surface area contributed by atoms with E-state index in [1.807, 2.05) is 0 Å². The zero-order valence-electron chi connectivity index (χ0n) is 36.2. The molecule has 0 amide bonds. The van der Waals surface area contributed by atoms with Crippen molar-refractivity contribution in [1.29, 1.82) is 10.5 Å². The third-order valence-corrected chi connectivity index (χ3v) is 25.8. The molecule has 0 atom stereocenters. The Kier molecular flexibility index (Phi) is 2.19. The van der Waals surface area contributed by atoms with Gasteiger partial charge < -0.3 is 0 Å². The third kappa shape index (κ3) is 1.38. The van der Waals surface area contributed by atoms with Gasteiger partial charge in [-0.1, -0.05) is 0 Å². The van der Waals surface area contributed by atoms with Gasteiger partial charge in [-0.3, -0.25) is 0 Å². The van der Waals surface area contributed by atoms with E-state index in [1.54, 1.807) is 313 Å². The first-order chi connectivity index (χ1) is 35.8. The van der Waals surface area contributed by atoms with Crippen LogP contribution in [0.3, 0.4) is 0 Å². The molecule has 5 aliphatic carbocycles. The Morgan fingerprint density at radius 1 is 0.208 bits per heavy atom. The molecule has 4 nitrogen and oxygen atoms in total. The van der Waals surface area contributed by atoms with Gasteiger partial charge in [0.05, 0.1) is 11.4 Å². The lowest BCUT2D eigenvalue weighted by atomic mass is 9.44. The molecule has 5 aliphatic rings. The Morgan fingerprint density at radius 2 is 0.333 bits per heavy atom. The summed E-state index contributed by atoms with van der Waals surface area (Å²) >= 11 is 0. The molecule has 0 N–H and O–H groups in total. The number of nitriles is 2. The van der Waals surface area contributed by atoms with Crippen LogP contribution in [0.25, 0.3) is 291 Å². The molecular weight excluding hydrogens is 873 g/mol. The fourth-order valence-electron chi connectivity index (χ4n) is 25.7. The van der Waals surface area contributed by atoms with E-state index in [4.69, 9.17) is 9.97 Å². The summed E-state index contributed by atoms with van der Waals surface area (Å²) in [5.74, 6) is 0. The maximum atomic E-state index is 10.7. The van der Waals surface area contributed by atoms with E-state index in [1.165, 1.54) is 0 Å². The number of benzene rings is 18. The normalized spacial score (nSPS) is 21.9. The lowest BCUT2D eigenvalue weighted by Gasteiger charge is -2.56. The average Bonchev–Trinajstić information content (AvgIpc) is 4.30. The van der Waals surface area contributed by atoms with Gasteiger partial charge in [-0.25, -0.2) is 9.97 Å². The van der Waals surface area contributed by atoms with Gasteiger partial charge in [0.2, 0.25) is 0 Å². The first-order valence-electron chi connectivity index (χ1n) is 26.3. The fourth-order valence-corrected chi connectivity index (χ4v) is 25.7. The van der Waals surface area contributed by atoms with Crippen LogP contribution in [0, 0.1) is 22.7 Å². The Balaban J connectivity index is 1.15. The predicted molar refractivity (Wildman–Crippen MR) is 293 cm³/mol. The van der Waals surface area contributed by atoms with Crippen LogP contribution in [0.15, 0.2) is 0 Å². The summed E-state index contributed by atoms with van der Waals surface area (Å²) in [5, 5.41) is 107. The summed E-state index contributed by atoms with van der Waals surface area (Å²) in [7, 11) is 0. The van der Waals surface area contributed by atoms with Crippen LogP contribution in [0.5, 0.6) is 0 Å². The summed E-state index contributed by atoms with van der Waals surface area (Å²) in [4.78, 5) is 10.7. The van der Waals surface area contributed by atoms with Crippen LogP contribution < -0.4 is 0 Å². The van der Waals surface area contributed by atoms with Crippen LogP contribution in [-0.4, -0.2) is 9.97 Å². The highest BCUT2D eigenvalue weighted by Gasteiger charge is 2.71. The van der Waals surface area contributed by atoms with Gasteiger partial charge >= 0.3 is 0 Å². The number of aromatic nitrogens is 2. The van der Waals surface area contributed by atoms with Crippen molar-refractivity contribution in [2.45, 2.75) is 23.7 Å². The SMILES string of the molecule is N#Cc1nc2c(nc1C#N)CC13c4c5c6c7c8c9c(c%10c%11c1c1c4c4c%12c5c5c6c6c8c8c%13c9c9c%10c%10c%11c%11c1c1c4c4c%12c%12c5c5c6c8c6c8c%13c9c9c%10c%10c%11c1c1c4c4c%12c5c6c5c8c9c%10c1c45)C73C2. The smallest absolute Gasteiger partial charge is 0.177 e. The van der Waals surface area contributed by atoms with Gasteiger partial charge in [-0.05, 0) is 313 Å². The Labute approximate surface area is 390 Å². The summed E-state index contributed by atoms with van der Waals surface area (Å²) in [6.07, 6.45) is 1.37. The standard InChI is InChI=1S/C68H4N4/c69-3-7-8(4-70)72-6-2-68-65-57-49-39-29-21-13-10-9-11-15-17(13)25-31-23(15)33-27-19(11)20-12(9)16-18-14(10)22(21)30-36-26(18)32-24(16)34-28(20)38-37(27)47-41(33)51-45(31)53(43(49)35(25)29)61(65)59(51)63-55(47)56-48(38)42(34)52-46(32)54-44(36)50(40(30)39)58(57)66(68)62(54)60(52)64(56)67(63,68)1-5(6)71-7/h1-2H2. The highest BCUT2D eigenvalue weighted by atomic mass is 14.9. The molecule has 0 aliphatic heterocycles. The Hall–Kier alpha value is -9.48. The third-order valence-electron chi connectivity index (χ3n) is 25.8. The van der Waals surface area contributed by atoms with Crippen molar-refractivity contribution in [1.82, 2.24) is 9.97 Å². The zero-order chi connectivity index (χ0) is 43.0. The highest BCUT2D eigenvalue weighted by molar-refractivity contribution is 6.82. The van der Waals surface area contributed by atoms with Gasteiger partial charge in [-0.2, -0.15) is 10.5 Å². The number of fused-ring (bicyclic) bond motifs is 1. The second-order valence-electron chi connectivity index (χ2n) is 26.0. The molecule has 34 rings (SSSR count). The second kappa shape index (κ2) is 5.96. The maximum absolute atomic E-state index is 10.7. The lowest BCUT2D eigenvalue weighted by molar-refractivity contribution is 0.289. The van der Waals surface area contributed by atoms with Crippen molar-refractivity contribution in [2.24, 2.45) is 0 Å². The molecule has 4 heteroatoms. The number of rotatable bonds is 0. The first-order valence-corrected chi connectivity index (χ1v) is 26.3. The van der Waals surface area contributed by atoms with E-state index in [-0.39, 0.29) is 11.4 Å². The largest absolute Gasteiger partial charge is 0.237 e. The predicted octanol–water partition coefficient (Wildman–Crippen LogP) is 16.6. The molecule has 29 aromatic rings. The second-order valence-corrected chi connectivity index (χ2v) is 26.0. The molecule has 296 valence electrons. The van der Waals surface area contributed by atoms with Crippen molar-refractivity contribution in [3.8, 4) is 12.1 Å². The molecule has 0 fully saturated rings. The van der Waals surface area contributed by atoms with Gasteiger partial charge in [0.15, 0.2) is 11.4 Å². The zero-order valence-corrected chi connectivity index (χ0v) is 36.2. The molecule has 0 saturated heterocycles. The molecule has 1 aromatic heterocycles. The van der Waals surface area contributed by atoms with Crippen LogP contribution in [0.4, 0.5) is 0 Å². The number of hydrogen-bond donors (Lipinski definition) is 0. The van der Waals surface area contributed by atoms with Crippen molar-refractivity contribution < 1.29 is 0 Å². The quantitative estimate of drug-likeness (QED) is 0.142. The Bertz CT molecular complexity index is 7070. The van der Waals surface area contributed by atoms with Crippen molar-refractivity contribution in [3.05, 3.63) is 45.0 Å².